The molecule has 3 aromatic heterocycles. The highest BCUT2D eigenvalue weighted by molar-refractivity contribution is 6.11. The quantitative estimate of drug-likeness (QED) is 0.137. The molecule has 11 rings (SSSR count). The van der Waals surface area contributed by atoms with Crippen molar-refractivity contribution in [2.75, 3.05) is 9.80 Å². The number of anilines is 6. The summed E-state index contributed by atoms with van der Waals surface area (Å²) < 4.78 is 2.45. The summed E-state index contributed by atoms with van der Waals surface area (Å²) in [5.74, 6) is 1.73. The van der Waals surface area contributed by atoms with Crippen molar-refractivity contribution in [3.63, 3.8) is 0 Å². The van der Waals surface area contributed by atoms with E-state index in [0.29, 0.717) is 17.5 Å². The molecule has 7 heteroatoms. The van der Waals surface area contributed by atoms with E-state index >= 15 is 0 Å². The first-order valence-corrected chi connectivity index (χ1v) is 21.8. The molecule has 0 saturated carbocycles. The van der Waals surface area contributed by atoms with E-state index in [1.165, 1.54) is 0 Å². The van der Waals surface area contributed by atoms with Crippen LogP contribution in [0.4, 0.5) is 34.1 Å². The average Bonchev–Trinajstić information content (AvgIpc) is 3.72. The highest BCUT2D eigenvalue weighted by Gasteiger charge is 2.30. The molecule has 0 amide bonds. The lowest BCUT2D eigenvalue weighted by atomic mass is 10.0. The van der Waals surface area contributed by atoms with Crippen LogP contribution in [0.1, 0.15) is 11.1 Å². The zero-order chi connectivity index (χ0) is 43.7. The molecule has 0 atom stereocenters. The first-order chi connectivity index (χ1) is 32.1. The topological polar surface area (TPSA) is 63.0 Å². The Morgan fingerprint density at radius 2 is 0.754 bits per heavy atom. The second-order valence-corrected chi connectivity index (χ2v) is 16.0. The fraction of sp³-hybridized carbons (Fsp3) is 0.0345. The van der Waals surface area contributed by atoms with Crippen molar-refractivity contribution in [1.82, 2.24) is 24.5 Å². The third-order valence-electron chi connectivity index (χ3n) is 11.9. The van der Waals surface area contributed by atoms with E-state index in [0.717, 1.165) is 89.6 Å². The molecule has 3 heterocycles. The van der Waals surface area contributed by atoms with Crippen LogP contribution in [0.25, 0.3) is 61.8 Å². The second kappa shape index (κ2) is 16.9. The number of aromatic nitrogens is 5. The standard InChI is InChI=1S/C58H43N7/c1-40-22-21-35-49-52-54(41(2)36-37-59-52)65(53(40)49)55-50(63(45-27-13-5-14-28-45)46-29-15-6-16-30-46)38-44(39-51(55)64(47-31-17-7-18-32-47)48-33-19-8-20-34-48)58-61-56(42-23-9-3-10-24-42)60-57(62-58)43-25-11-4-12-26-43/h3-39H,1-2H3. The molecule has 0 aliphatic carbocycles. The zero-order valence-corrected chi connectivity index (χ0v) is 36.0. The number of pyridine rings is 1. The smallest absolute Gasteiger partial charge is 0.164 e. The molecule has 0 bridgehead atoms. The molecule has 0 aliphatic heterocycles. The molecule has 0 fully saturated rings. The minimum absolute atomic E-state index is 0.546. The summed E-state index contributed by atoms with van der Waals surface area (Å²) in [6.45, 7) is 4.38. The molecule has 0 aliphatic rings. The van der Waals surface area contributed by atoms with E-state index < -0.39 is 0 Å². The highest BCUT2D eigenvalue weighted by atomic mass is 15.2. The number of hydrogen-bond donors (Lipinski definition) is 0. The van der Waals surface area contributed by atoms with Crippen LogP contribution < -0.4 is 9.80 Å². The lowest BCUT2D eigenvalue weighted by Gasteiger charge is -2.34. The minimum atomic E-state index is 0.546. The predicted molar refractivity (Wildman–Crippen MR) is 267 cm³/mol. The lowest BCUT2D eigenvalue weighted by Crippen LogP contribution is -2.18. The van der Waals surface area contributed by atoms with Crippen molar-refractivity contribution in [1.29, 1.82) is 0 Å². The first kappa shape index (κ1) is 39.2. The fourth-order valence-corrected chi connectivity index (χ4v) is 8.92. The monoisotopic (exact) mass is 837 g/mol. The van der Waals surface area contributed by atoms with Gasteiger partial charge in [-0.25, -0.2) is 15.0 Å². The van der Waals surface area contributed by atoms with Crippen molar-refractivity contribution < 1.29 is 0 Å². The molecule has 7 nitrogen and oxygen atoms in total. The Morgan fingerprint density at radius 3 is 1.18 bits per heavy atom. The van der Waals surface area contributed by atoms with Crippen LogP contribution in [0.3, 0.4) is 0 Å². The third-order valence-corrected chi connectivity index (χ3v) is 11.9. The van der Waals surface area contributed by atoms with Gasteiger partial charge in [-0.15, -0.1) is 0 Å². The van der Waals surface area contributed by atoms with Crippen molar-refractivity contribution in [2.24, 2.45) is 0 Å². The predicted octanol–water partition coefficient (Wildman–Crippen LogP) is 14.9. The van der Waals surface area contributed by atoms with Gasteiger partial charge in [0.25, 0.3) is 0 Å². The molecule has 11 aromatic rings. The van der Waals surface area contributed by atoms with Gasteiger partial charge < -0.3 is 14.4 Å². The maximum atomic E-state index is 5.34. The maximum absolute atomic E-state index is 5.34. The van der Waals surface area contributed by atoms with Crippen molar-refractivity contribution in [3.8, 4) is 39.9 Å². The summed E-state index contributed by atoms with van der Waals surface area (Å²) in [6, 6.07) is 75.8. The normalized spacial score (nSPS) is 11.2. The van der Waals surface area contributed by atoms with E-state index in [4.69, 9.17) is 19.9 Å². The van der Waals surface area contributed by atoms with Gasteiger partial charge in [0.05, 0.1) is 33.6 Å². The van der Waals surface area contributed by atoms with Gasteiger partial charge in [-0.2, -0.15) is 0 Å². The van der Waals surface area contributed by atoms with Gasteiger partial charge in [0.15, 0.2) is 17.5 Å². The number of aryl methyl sites for hydroxylation is 2. The van der Waals surface area contributed by atoms with Crippen LogP contribution >= 0.6 is 0 Å². The molecule has 65 heavy (non-hydrogen) atoms. The second-order valence-electron chi connectivity index (χ2n) is 16.0. The number of hydrogen-bond acceptors (Lipinski definition) is 6. The summed E-state index contributed by atoms with van der Waals surface area (Å²) >= 11 is 0. The molecule has 8 aromatic carbocycles. The van der Waals surface area contributed by atoms with Gasteiger partial charge in [-0.1, -0.05) is 152 Å². The minimum Gasteiger partial charge on any atom is -0.308 e. The van der Waals surface area contributed by atoms with E-state index in [9.17, 15) is 0 Å². The van der Waals surface area contributed by atoms with E-state index in [2.05, 4.69) is 186 Å². The number of rotatable bonds is 10. The van der Waals surface area contributed by atoms with Crippen molar-refractivity contribution in [2.45, 2.75) is 13.8 Å². The van der Waals surface area contributed by atoms with E-state index in [1.54, 1.807) is 0 Å². The molecule has 0 saturated heterocycles. The molecule has 0 radical (unpaired) electrons. The Hall–Kier alpha value is -8.68. The van der Waals surface area contributed by atoms with E-state index in [-0.39, 0.29) is 0 Å². The van der Waals surface area contributed by atoms with Crippen LogP contribution in [-0.2, 0) is 0 Å². The number of nitrogens with zero attached hydrogens (tertiary/aromatic N) is 7. The highest BCUT2D eigenvalue weighted by Crippen LogP contribution is 2.51. The molecule has 0 unspecified atom stereocenters. The molecular formula is C58H43N7. The number of fused-ring (bicyclic) bond motifs is 3. The van der Waals surface area contributed by atoms with Gasteiger partial charge in [0.1, 0.15) is 0 Å². The van der Waals surface area contributed by atoms with Gasteiger partial charge in [-0.3, -0.25) is 4.98 Å². The SMILES string of the molecule is Cc1cccc2c3nccc(C)c3n(-c3c(N(c4ccccc4)c4ccccc4)cc(-c4nc(-c5ccccc5)nc(-c5ccccc5)n4)cc3N(c3ccccc3)c3ccccc3)c12. The summed E-state index contributed by atoms with van der Waals surface area (Å²) in [5.41, 5.74) is 14.7. The van der Waals surface area contributed by atoms with Gasteiger partial charge >= 0.3 is 0 Å². The van der Waals surface area contributed by atoms with Crippen molar-refractivity contribution in [3.05, 3.63) is 236 Å². The maximum Gasteiger partial charge on any atom is 0.164 e. The third kappa shape index (κ3) is 7.25. The number of benzene rings is 8. The average molecular weight is 838 g/mol. The van der Waals surface area contributed by atoms with Crippen LogP contribution in [0.5, 0.6) is 0 Å². The Balaban J connectivity index is 1.36. The molecular weight excluding hydrogens is 795 g/mol. The molecule has 0 N–H and O–H groups in total. The zero-order valence-electron chi connectivity index (χ0n) is 36.0. The lowest BCUT2D eigenvalue weighted by molar-refractivity contribution is 1.07. The summed E-state index contributed by atoms with van der Waals surface area (Å²) in [7, 11) is 0. The Labute approximate surface area is 378 Å². The van der Waals surface area contributed by atoms with Gasteiger partial charge in [-0.05, 0) is 91.7 Å². The molecule has 0 spiro atoms. The summed E-state index contributed by atoms with van der Waals surface area (Å²) in [5, 5.41) is 1.08. The van der Waals surface area contributed by atoms with Gasteiger partial charge in [0.2, 0.25) is 0 Å². The molecule has 310 valence electrons. The Morgan fingerprint density at radius 1 is 0.369 bits per heavy atom. The largest absolute Gasteiger partial charge is 0.308 e. The summed E-state index contributed by atoms with van der Waals surface area (Å²) in [4.78, 5) is 25.6. The fourth-order valence-electron chi connectivity index (χ4n) is 8.92. The summed E-state index contributed by atoms with van der Waals surface area (Å²) in [6.07, 6.45) is 1.92. The van der Waals surface area contributed by atoms with Crippen LogP contribution in [0, 0.1) is 13.8 Å². The Bertz CT molecular complexity index is 3130. The first-order valence-electron chi connectivity index (χ1n) is 21.8. The van der Waals surface area contributed by atoms with E-state index in [1.807, 2.05) is 66.9 Å². The van der Waals surface area contributed by atoms with Crippen molar-refractivity contribution >= 4 is 56.1 Å². The van der Waals surface area contributed by atoms with Gasteiger partial charge in [0, 0.05) is 51.0 Å². The number of para-hydroxylation sites is 5. The Kier molecular flexibility index (Phi) is 10.2. The van der Waals surface area contributed by atoms with Crippen LogP contribution in [0.15, 0.2) is 225 Å². The van der Waals surface area contributed by atoms with Crippen LogP contribution in [-0.4, -0.2) is 24.5 Å². The van der Waals surface area contributed by atoms with Crippen LogP contribution in [0.2, 0.25) is 0 Å².